The lowest BCUT2D eigenvalue weighted by molar-refractivity contribution is -0.134. The molecule has 2 heterocycles. The summed E-state index contributed by atoms with van der Waals surface area (Å²) in [6.45, 7) is 3.30. The fourth-order valence-electron chi connectivity index (χ4n) is 3.72. The van der Waals surface area contributed by atoms with E-state index in [0.717, 1.165) is 10.6 Å². The first-order chi connectivity index (χ1) is 15.0. The molecule has 1 N–H and O–H groups in total. The van der Waals surface area contributed by atoms with Crippen LogP contribution in [0.3, 0.4) is 0 Å². The number of carbonyl (C=O) groups is 3. The number of aromatic nitrogens is 1. The van der Waals surface area contributed by atoms with Crippen molar-refractivity contribution >= 4 is 40.0 Å². The van der Waals surface area contributed by atoms with Gasteiger partial charge in [-0.05, 0) is 31.0 Å². The summed E-state index contributed by atoms with van der Waals surface area (Å²) in [6.07, 6.45) is 0.375. The first-order valence-corrected chi connectivity index (χ1v) is 10.8. The van der Waals surface area contributed by atoms with Crippen LogP contribution in [0.15, 0.2) is 66.0 Å². The molecule has 31 heavy (non-hydrogen) atoms. The molecule has 1 aliphatic heterocycles. The number of carbonyl (C=O) groups excluding carboxylic acids is 3. The number of thiazole rings is 1. The molecule has 2 aromatic carbocycles. The van der Waals surface area contributed by atoms with Gasteiger partial charge < -0.3 is 5.32 Å². The highest BCUT2D eigenvalue weighted by Gasteiger charge is 2.51. The number of urea groups is 1. The van der Waals surface area contributed by atoms with Gasteiger partial charge in [0.1, 0.15) is 12.1 Å². The van der Waals surface area contributed by atoms with Crippen molar-refractivity contribution in [3.63, 3.8) is 0 Å². The maximum atomic E-state index is 13.4. The predicted molar refractivity (Wildman–Crippen MR) is 119 cm³/mol. The molecule has 158 valence electrons. The predicted octanol–water partition coefficient (Wildman–Crippen LogP) is 3.97. The minimum Gasteiger partial charge on any atom is -0.319 e. The number of amides is 4. The van der Waals surface area contributed by atoms with E-state index in [1.165, 1.54) is 16.2 Å². The number of hydrogen-bond donors (Lipinski definition) is 1. The minimum atomic E-state index is -1.17. The molecule has 4 amide bonds. The maximum absolute atomic E-state index is 13.4. The molecule has 0 bridgehead atoms. The largest absolute Gasteiger partial charge is 0.325 e. The van der Waals surface area contributed by atoms with E-state index in [-0.39, 0.29) is 6.54 Å². The van der Waals surface area contributed by atoms with Crippen LogP contribution in [0.25, 0.3) is 0 Å². The van der Waals surface area contributed by atoms with E-state index in [4.69, 9.17) is 0 Å². The fraction of sp³-hybridized carbons (Fsp3) is 0.217. The Hall–Kier alpha value is -3.52. The second kappa shape index (κ2) is 8.31. The van der Waals surface area contributed by atoms with Crippen LogP contribution in [0.1, 0.15) is 24.6 Å². The molecule has 4 rings (SSSR count). The second-order valence-corrected chi connectivity index (χ2v) is 8.12. The molecule has 1 fully saturated rings. The molecule has 0 aliphatic carbocycles. The third kappa shape index (κ3) is 3.70. The van der Waals surface area contributed by atoms with Gasteiger partial charge >= 0.3 is 6.03 Å². The van der Waals surface area contributed by atoms with Crippen molar-refractivity contribution < 1.29 is 14.4 Å². The van der Waals surface area contributed by atoms with Gasteiger partial charge in [-0.25, -0.2) is 9.78 Å². The summed E-state index contributed by atoms with van der Waals surface area (Å²) in [7, 11) is 0. The fourth-order valence-corrected chi connectivity index (χ4v) is 4.56. The topological polar surface area (TPSA) is 82.6 Å². The Morgan fingerprint density at radius 3 is 2.32 bits per heavy atom. The molecule has 8 heteroatoms. The Morgan fingerprint density at radius 1 is 1.10 bits per heavy atom. The van der Waals surface area contributed by atoms with Gasteiger partial charge in [-0.3, -0.25) is 19.4 Å². The molecule has 0 radical (unpaired) electrons. The number of imide groups is 1. The number of aryl methyl sites for hydroxylation is 1. The Balaban J connectivity index is 1.65. The molecule has 1 aliphatic rings. The summed E-state index contributed by atoms with van der Waals surface area (Å²) in [5.41, 5.74) is 0.936. The highest BCUT2D eigenvalue weighted by atomic mass is 32.1. The Bertz CT molecular complexity index is 1120. The van der Waals surface area contributed by atoms with Crippen LogP contribution in [-0.4, -0.2) is 34.3 Å². The Morgan fingerprint density at radius 2 is 1.74 bits per heavy atom. The van der Waals surface area contributed by atoms with E-state index in [2.05, 4.69) is 10.3 Å². The first kappa shape index (κ1) is 20.7. The van der Waals surface area contributed by atoms with E-state index in [9.17, 15) is 14.4 Å². The number of benzene rings is 2. The zero-order valence-corrected chi connectivity index (χ0v) is 18.1. The van der Waals surface area contributed by atoms with Crippen LogP contribution in [-0.2, 0) is 15.1 Å². The SMILES string of the molecule is CCC1(c2ccccc2)NC(=O)N(CC(=O)N(c2ccccc2)c2nc(C)cs2)C1=O. The number of rotatable bonds is 6. The summed E-state index contributed by atoms with van der Waals surface area (Å²) in [4.78, 5) is 46.4. The van der Waals surface area contributed by atoms with Gasteiger partial charge in [0.15, 0.2) is 5.13 Å². The van der Waals surface area contributed by atoms with Gasteiger partial charge in [0.05, 0.1) is 11.4 Å². The molecule has 3 aromatic rings. The van der Waals surface area contributed by atoms with Gasteiger partial charge in [0, 0.05) is 5.38 Å². The summed E-state index contributed by atoms with van der Waals surface area (Å²) in [5.74, 6) is -0.841. The van der Waals surface area contributed by atoms with Crippen LogP contribution >= 0.6 is 11.3 Å². The normalized spacial score (nSPS) is 18.2. The summed E-state index contributed by atoms with van der Waals surface area (Å²) in [6, 6.07) is 17.6. The standard InChI is InChI=1S/C23H22N4O3S/c1-3-23(17-10-6-4-7-11-17)20(29)26(21(30)25-23)14-19(28)27(18-12-8-5-9-13-18)22-24-16(2)15-31-22/h4-13,15H,3,14H2,1-2H3,(H,25,30). The Kier molecular flexibility index (Phi) is 5.56. The Labute approximate surface area is 184 Å². The lowest BCUT2D eigenvalue weighted by Crippen LogP contribution is -2.45. The average molecular weight is 435 g/mol. The zero-order valence-electron chi connectivity index (χ0n) is 17.2. The molecular weight excluding hydrogens is 412 g/mol. The highest BCUT2D eigenvalue weighted by Crippen LogP contribution is 2.33. The lowest BCUT2D eigenvalue weighted by atomic mass is 9.87. The van der Waals surface area contributed by atoms with E-state index in [0.29, 0.717) is 22.8 Å². The summed E-state index contributed by atoms with van der Waals surface area (Å²) in [5, 5.41) is 5.16. The van der Waals surface area contributed by atoms with Crippen LogP contribution in [0.5, 0.6) is 0 Å². The quantitative estimate of drug-likeness (QED) is 0.595. The van der Waals surface area contributed by atoms with Crippen LogP contribution < -0.4 is 10.2 Å². The van der Waals surface area contributed by atoms with Gasteiger partial charge in [-0.2, -0.15) is 0 Å². The molecule has 0 spiro atoms. The molecule has 7 nitrogen and oxygen atoms in total. The number of nitrogens with one attached hydrogen (secondary N) is 1. The molecule has 0 saturated carbocycles. The monoisotopic (exact) mass is 434 g/mol. The summed E-state index contributed by atoms with van der Waals surface area (Å²) < 4.78 is 0. The molecule has 1 aromatic heterocycles. The van der Waals surface area contributed by atoms with Gasteiger partial charge in [0.2, 0.25) is 0 Å². The van der Waals surface area contributed by atoms with Crippen molar-refractivity contribution in [2.45, 2.75) is 25.8 Å². The molecule has 1 unspecified atom stereocenters. The molecular formula is C23H22N4O3S. The van der Waals surface area contributed by atoms with E-state index >= 15 is 0 Å². The van der Waals surface area contributed by atoms with Crippen LogP contribution in [0.2, 0.25) is 0 Å². The van der Waals surface area contributed by atoms with Crippen molar-refractivity contribution in [3.8, 4) is 0 Å². The average Bonchev–Trinajstić information content (AvgIpc) is 3.32. The van der Waals surface area contributed by atoms with Crippen molar-refractivity contribution in [1.29, 1.82) is 0 Å². The number of para-hydroxylation sites is 1. The third-order valence-corrected chi connectivity index (χ3v) is 6.27. The van der Waals surface area contributed by atoms with Crippen molar-refractivity contribution in [2.24, 2.45) is 0 Å². The highest BCUT2D eigenvalue weighted by molar-refractivity contribution is 7.14. The van der Waals surface area contributed by atoms with Gasteiger partial charge in [-0.1, -0.05) is 55.5 Å². The smallest absolute Gasteiger partial charge is 0.319 e. The second-order valence-electron chi connectivity index (χ2n) is 7.28. The molecule has 1 saturated heterocycles. The number of nitrogens with zero attached hydrogens (tertiary/aromatic N) is 3. The van der Waals surface area contributed by atoms with Crippen molar-refractivity contribution in [1.82, 2.24) is 15.2 Å². The van der Waals surface area contributed by atoms with Crippen molar-refractivity contribution in [3.05, 3.63) is 77.3 Å². The van der Waals surface area contributed by atoms with Crippen LogP contribution in [0, 0.1) is 6.92 Å². The first-order valence-electron chi connectivity index (χ1n) is 9.96. The van der Waals surface area contributed by atoms with Gasteiger partial charge in [0.25, 0.3) is 11.8 Å². The van der Waals surface area contributed by atoms with Crippen molar-refractivity contribution in [2.75, 3.05) is 11.4 Å². The van der Waals surface area contributed by atoms with E-state index in [1.54, 1.807) is 12.1 Å². The number of hydrogen-bond acceptors (Lipinski definition) is 5. The lowest BCUT2D eigenvalue weighted by Gasteiger charge is -2.26. The maximum Gasteiger partial charge on any atom is 0.325 e. The number of anilines is 2. The van der Waals surface area contributed by atoms with E-state index < -0.39 is 23.4 Å². The molecule has 1 atom stereocenters. The minimum absolute atomic E-state index is 0.375. The zero-order chi connectivity index (χ0) is 22.0. The van der Waals surface area contributed by atoms with Crippen LogP contribution in [0.4, 0.5) is 15.6 Å². The summed E-state index contributed by atoms with van der Waals surface area (Å²) >= 11 is 1.33. The van der Waals surface area contributed by atoms with E-state index in [1.807, 2.05) is 67.8 Å². The van der Waals surface area contributed by atoms with Gasteiger partial charge in [-0.15, -0.1) is 11.3 Å². The third-order valence-electron chi connectivity index (χ3n) is 5.33.